The van der Waals surface area contributed by atoms with E-state index in [0.717, 1.165) is 12.3 Å². The van der Waals surface area contributed by atoms with Gasteiger partial charge >= 0.3 is 0 Å². The van der Waals surface area contributed by atoms with Crippen LogP contribution in [-0.4, -0.2) is 19.7 Å². The molecule has 1 aliphatic rings. The molecule has 3 N–H and O–H groups in total. The van der Waals surface area contributed by atoms with E-state index in [1.165, 1.54) is 0 Å². The highest BCUT2D eigenvalue weighted by Gasteiger charge is 2.06. The molecule has 1 aromatic rings. The summed E-state index contributed by atoms with van der Waals surface area (Å²) < 4.78 is 10.8. The van der Waals surface area contributed by atoms with Gasteiger partial charge in [-0.3, -0.25) is 0 Å². The quantitative estimate of drug-likeness (QED) is 0.651. The average molecular weight is 314 g/mol. The van der Waals surface area contributed by atoms with Crippen molar-refractivity contribution in [2.75, 3.05) is 25.4 Å². The van der Waals surface area contributed by atoms with Gasteiger partial charge in [0.2, 0.25) is 0 Å². The Kier molecular flexibility index (Phi) is 7.95. The molecule has 7 heteroatoms. The van der Waals surface area contributed by atoms with Gasteiger partial charge < -0.3 is 20.5 Å². The Morgan fingerprint density at radius 2 is 2.17 bits per heavy atom. The third-order valence-corrected chi connectivity index (χ3v) is 2.39. The second-order valence-electron chi connectivity index (χ2n) is 3.41. The Balaban J connectivity index is 0.00000144. The summed E-state index contributed by atoms with van der Waals surface area (Å²) in [5.41, 5.74) is 6.25. The summed E-state index contributed by atoms with van der Waals surface area (Å²) in [5.74, 6) is 1.34. The van der Waals surface area contributed by atoms with E-state index in [9.17, 15) is 0 Å². The van der Waals surface area contributed by atoms with Gasteiger partial charge in [-0.05, 0) is 18.2 Å². The summed E-state index contributed by atoms with van der Waals surface area (Å²) in [6.07, 6.45) is 1.56. The second kappa shape index (κ2) is 8.32. The predicted octanol–water partition coefficient (Wildman–Crippen LogP) is 2.61. The molecule has 0 aromatic heterocycles. The maximum absolute atomic E-state index is 5.78. The molecule has 0 aliphatic carbocycles. The van der Waals surface area contributed by atoms with Gasteiger partial charge in [-0.25, -0.2) is 0 Å². The summed E-state index contributed by atoms with van der Waals surface area (Å²) in [4.78, 5) is 0. The number of hydrogen-bond acceptors (Lipinski definition) is 4. The Labute approximate surface area is 123 Å². The number of benzene rings is 1. The minimum atomic E-state index is 0. The van der Waals surface area contributed by atoms with E-state index in [1.54, 1.807) is 24.5 Å². The molecule has 0 bridgehead atoms. The first kappa shape index (κ1) is 17.2. The van der Waals surface area contributed by atoms with Crippen molar-refractivity contribution < 1.29 is 9.47 Å². The molecular weight excluding hydrogens is 298 g/mol. The van der Waals surface area contributed by atoms with Crippen molar-refractivity contribution in [1.29, 1.82) is 0 Å². The molecule has 0 atom stereocenters. The molecule has 18 heavy (non-hydrogen) atoms. The largest absolute Gasteiger partial charge is 0.492 e. The molecule has 1 aromatic carbocycles. The van der Waals surface area contributed by atoms with Crippen molar-refractivity contribution in [2.24, 2.45) is 0 Å². The normalized spacial score (nSPS) is 16.2. The van der Waals surface area contributed by atoms with Gasteiger partial charge in [-0.1, -0.05) is 11.6 Å². The number of rotatable bonds is 2. The van der Waals surface area contributed by atoms with Gasteiger partial charge in [-0.2, -0.15) is 0 Å². The van der Waals surface area contributed by atoms with Crippen LogP contribution < -0.4 is 15.8 Å². The SMILES string of the molecule is Cl.Cl.Nc1cc(Cl)ccc1O/C=C1/CNCCO1. The zero-order valence-electron chi connectivity index (χ0n) is 9.52. The molecule has 0 saturated carbocycles. The van der Waals surface area contributed by atoms with E-state index < -0.39 is 0 Å². The van der Waals surface area contributed by atoms with E-state index in [0.29, 0.717) is 29.6 Å². The van der Waals surface area contributed by atoms with Gasteiger partial charge in [0.25, 0.3) is 0 Å². The Bertz CT molecular complexity index is 405. The number of nitrogens with one attached hydrogen (secondary N) is 1. The average Bonchev–Trinajstić information content (AvgIpc) is 2.29. The van der Waals surface area contributed by atoms with Crippen molar-refractivity contribution >= 4 is 42.1 Å². The summed E-state index contributed by atoms with van der Waals surface area (Å²) in [7, 11) is 0. The number of nitrogen functional groups attached to an aromatic ring is 1. The van der Waals surface area contributed by atoms with E-state index in [4.69, 9.17) is 26.8 Å². The van der Waals surface area contributed by atoms with Gasteiger partial charge in [0, 0.05) is 11.6 Å². The number of nitrogens with two attached hydrogens (primary N) is 1. The fourth-order valence-corrected chi connectivity index (χ4v) is 1.53. The summed E-state index contributed by atoms with van der Waals surface area (Å²) in [6, 6.07) is 5.10. The number of anilines is 1. The van der Waals surface area contributed by atoms with Crippen LogP contribution in [-0.2, 0) is 4.74 Å². The molecule has 102 valence electrons. The van der Waals surface area contributed by atoms with Crippen molar-refractivity contribution in [3.8, 4) is 5.75 Å². The van der Waals surface area contributed by atoms with E-state index in [2.05, 4.69) is 5.32 Å². The first-order valence-corrected chi connectivity index (χ1v) is 5.38. The van der Waals surface area contributed by atoms with Gasteiger partial charge in [-0.15, -0.1) is 24.8 Å². The van der Waals surface area contributed by atoms with Crippen LogP contribution in [0, 0.1) is 0 Å². The van der Waals surface area contributed by atoms with Crippen LogP contribution in [0.4, 0.5) is 5.69 Å². The van der Waals surface area contributed by atoms with Gasteiger partial charge in [0.15, 0.2) is 0 Å². The third-order valence-electron chi connectivity index (χ3n) is 2.15. The molecule has 4 nitrogen and oxygen atoms in total. The molecule has 0 spiro atoms. The van der Waals surface area contributed by atoms with Gasteiger partial charge in [0.05, 0.1) is 12.2 Å². The number of halogens is 3. The number of ether oxygens (including phenoxy) is 2. The van der Waals surface area contributed by atoms with Crippen molar-refractivity contribution in [3.63, 3.8) is 0 Å². The molecule has 0 amide bonds. The monoisotopic (exact) mass is 312 g/mol. The second-order valence-corrected chi connectivity index (χ2v) is 3.85. The first-order valence-electron chi connectivity index (χ1n) is 5.00. The lowest BCUT2D eigenvalue weighted by Crippen LogP contribution is -2.29. The van der Waals surface area contributed by atoms with Crippen LogP contribution in [0.5, 0.6) is 5.75 Å². The Morgan fingerprint density at radius 1 is 1.39 bits per heavy atom. The van der Waals surface area contributed by atoms with Crippen molar-refractivity contribution in [1.82, 2.24) is 5.32 Å². The highest BCUT2D eigenvalue weighted by Crippen LogP contribution is 2.25. The highest BCUT2D eigenvalue weighted by molar-refractivity contribution is 6.30. The summed E-state index contributed by atoms with van der Waals surface area (Å²) >= 11 is 5.78. The Hall–Kier alpha value is -0.810. The molecule has 2 rings (SSSR count). The summed E-state index contributed by atoms with van der Waals surface area (Å²) in [5, 5.41) is 3.76. The molecule has 0 radical (unpaired) electrons. The number of hydrogen-bond donors (Lipinski definition) is 2. The zero-order valence-corrected chi connectivity index (χ0v) is 11.9. The lowest BCUT2D eigenvalue weighted by molar-refractivity contribution is 0.168. The maximum Gasteiger partial charge on any atom is 0.149 e. The molecule has 1 heterocycles. The standard InChI is InChI=1S/C11H13ClN2O2.2ClH/c12-8-1-2-11(10(13)5-8)16-7-9-6-14-3-4-15-9;;/h1-2,5,7,14H,3-4,6,13H2;2*1H/b9-7-;;. The molecule has 0 unspecified atom stereocenters. The minimum Gasteiger partial charge on any atom is -0.492 e. The van der Waals surface area contributed by atoms with Crippen LogP contribution in [0.25, 0.3) is 0 Å². The molecule has 1 fully saturated rings. The summed E-state index contributed by atoms with van der Waals surface area (Å²) in [6.45, 7) is 2.19. The lowest BCUT2D eigenvalue weighted by atomic mass is 10.3. The van der Waals surface area contributed by atoms with Crippen LogP contribution in [0.3, 0.4) is 0 Å². The predicted molar refractivity (Wildman–Crippen MR) is 77.9 cm³/mol. The van der Waals surface area contributed by atoms with Crippen LogP contribution in [0.1, 0.15) is 0 Å². The zero-order chi connectivity index (χ0) is 11.4. The van der Waals surface area contributed by atoms with E-state index in [1.807, 2.05) is 0 Å². The maximum atomic E-state index is 5.78. The fraction of sp³-hybridized carbons (Fsp3) is 0.273. The van der Waals surface area contributed by atoms with E-state index >= 15 is 0 Å². The molecule has 1 aliphatic heterocycles. The topological polar surface area (TPSA) is 56.5 Å². The van der Waals surface area contributed by atoms with Crippen LogP contribution in [0.15, 0.2) is 30.2 Å². The van der Waals surface area contributed by atoms with Gasteiger partial charge in [0.1, 0.15) is 24.4 Å². The van der Waals surface area contributed by atoms with Crippen molar-refractivity contribution in [3.05, 3.63) is 35.2 Å². The van der Waals surface area contributed by atoms with E-state index in [-0.39, 0.29) is 24.8 Å². The molecule has 1 saturated heterocycles. The Morgan fingerprint density at radius 3 is 2.78 bits per heavy atom. The van der Waals surface area contributed by atoms with Crippen LogP contribution in [0.2, 0.25) is 5.02 Å². The lowest BCUT2D eigenvalue weighted by Gasteiger charge is -2.17. The van der Waals surface area contributed by atoms with Crippen molar-refractivity contribution in [2.45, 2.75) is 0 Å². The van der Waals surface area contributed by atoms with Crippen LogP contribution >= 0.6 is 36.4 Å². The number of morpholine rings is 1. The minimum absolute atomic E-state index is 0. The smallest absolute Gasteiger partial charge is 0.149 e. The third kappa shape index (κ3) is 4.82. The molecular formula is C11H15Cl3N2O2. The fourth-order valence-electron chi connectivity index (χ4n) is 1.35. The first-order chi connectivity index (χ1) is 7.75. The highest BCUT2D eigenvalue weighted by atomic mass is 35.5.